The summed E-state index contributed by atoms with van der Waals surface area (Å²) in [7, 11) is 0. The van der Waals surface area contributed by atoms with Crippen molar-refractivity contribution in [1.82, 2.24) is 0 Å². The normalized spacial score (nSPS) is 12.8. The molecule has 0 aliphatic heterocycles. The summed E-state index contributed by atoms with van der Waals surface area (Å²) in [5.41, 5.74) is 0. The van der Waals surface area contributed by atoms with Gasteiger partial charge in [0.05, 0.1) is 0 Å². The van der Waals surface area contributed by atoms with Gasteiger partial charge in [-0.1, -0.05) is 60.1 Å². The van der Waals surface area contributed by atoms with Crippen molar-refractivity contribution in [2.75, 3.05) is 0 Å². The summed E-state index contributed by atoms with van der Waals surface area (Å²) in [4.78, 5) is 0. The van der Waals surface area contributed by atoms with Crippen LogP contribution in [0.3, 0.4) is 0 Å². The van der Waals surface area contributed by atoms with Crippen LogP contribution in [0.1, 0.15) is 67.2 Å². The van der Waals surface area contributed by atoms with E-state index in [2.05, 4.69) is 39.8 Å². The Morgan fingerprint density at radius 1 is 1.00 bits per heavy atom. The van der Waals surface area contributed by atoms with Crippen LogP contribution in [0.5, 0.6) is 0 Å². The van der Waals surface area contributed by atoms with Crippen molar-refractivity contribution >= 4 is 0 Å². The van der Waals surface area contributed by atoms with Crippen molar-refractivity contribution in [3.05, 3.63) is 12.2 Å². The molecule has 0 heterocycles. The zero-order valence-electron chi connectivity index (χ0n) is 11.1. The van der Waals surface area contributed by atoms with Crippen LogP contribution in [0.2, 0.25) is 0 Å². The van der Waals surface area contributed by atoms with Gasteiger partial charge in [0.15, 0.2) is 0 Å². The van der Waals surface area contributed by atoms with Gasteiger partial charge in [0.25, 0.3) is 0 Å². The van der Waals surface area contributed by atoms with Crippen molar-refractivity contribution in [3.8, 4) is 0 Å². The van der Waals surface area contributed by atoms with Crippen molar-refractivity contribution in [1.29, 1.82) is 0 Å². The van der Waals surface area contributed by atoms with Gasteiger partial charge in [-0.15, -0.1) is 0 Å². The maximum Gasteiger partial charge on any atom is -0.0327 e. The monoisotopic (exact) mass is 198 g/mol. The molecule has 0 bridgehead atoms. The smallest absolute Gasteiger partial charge is 0.0327 e. The number of hydrogen-bond acceptors (Lipinski definition) is 0. The summed E-state index contributed by atoms with van der Waals surface area (Å²) < 4.78 is 0. The molecule has 0 heteroatoms. The number of hydrogen-bond donors (Lipinski definition) is 0. The fraction of sp³-hybridized carbons (Fsp3) is 0.857. The van der Waals surface area contributed by atoms with Gasteiger partial charge < -0.3 is 0 Å². The Balaban J connectivity index is 0. The van der Waals surface area contributed by atoms with Gasteiger partial charge in [-0.3, -0.25) is 0 Å². The molecular formula is C14H30. The van der Waals surface area contributed by atoms with Gasteiger partial charge in [0, 0.05) is 0 Å². The molecule has 0 saturated carbocycles. The third kappa shape index (κ3) is 14.3. The molecule has 0 aromatic heterocycles. The topological polar surface area (TPSA) is 0 Å². The highest BCUT2D eigenvalue weighted by Gasteiger charge is 1.95. The minimum atomic E-state index is 0.810. The van der Waals surface area contributed by atoms with E-state index in [4.69, 9.17) is 0 Å². The van der Waals surface area contributed by atoms with E-state index in [9.17, 15) is 0 Å². The van der Waals surface area contributed by atoms with Gasteiger partial charge >= 0.3 is 0 Å². The molecule has 0 N–H and O–H groups in total. The standard InChI is InChI=1S/C12H24.C2H6/c1-5-12(4)10-8-6-7-9-11(2)3;1-2/h6-7,11-12H,5,8-10H2,1-4H3;1-2H3/b7-6-;. The molecule has 86 valence electrons. The molecule has 14 heavy (non-hydrogen) atoms. The maximum absolute atomic E-state index is 2.34. The first-order valence-corrected chi connectivity index (χ1v) is 6.31. The van der Waals surface area contributed by atoms with Crippen molar-refractivity contribution in [3.63, 3.8) is 0 Å². The second-order valence-electron chi connectivity index (χ2n) is 4.19. The molecule has 0 nitrogen and oxygen atoms in total. The molecule has 0 fully saturated rings. The Labute approximate surface area is 91.8 Å². The molecular weight excluding hydrogens is 168 g/mol. The lowest BCUT2D eigenvalue weighted by Gasteiger charge is -2.04. The first kappa shape index (κ1) is 16.2. The summed E-state index contributed by atoms with van der Waals surface area (Å²) in [5.74, 6) is 1.71. The summed E-state index contributed by atoms with van der Waals surface area (Å²) in [6, 6.07) is 0. The predicted molar refractivity (Wildman–Crippen MR) is 68.6 cm³/mol. The first-order chi connectivity index (χ1) is 6.66. The molecule has 0 radical (unpaired) electrons. The lowest BCUT2D eigenvalue weighted by molar-refractivity contribution is 0.521. The molecule has 1 atom stereocenters. The molecule has 0 saturated heterocycles. The number of rotatable bonds is 6. The average Bonchev–Trinajstić information content (AvgIpc) is 2.19. The lowest BCUT2D eigenvalue weighted by Crippen LogP contribution is -1.89. The van der Waals surface area contributed by atoms with E-state index in [1.165, 1.54) is 25.7 Å². The highest BCUT2D eigenvalue weighted by Crippen LogP contribution is 2.10. The van der Waals surface area contributed by atoms with E-state index in [0.717, 1.165) is 11.8 Å². The third-order valence-corrected chi connectivity index (χ3v) is 2.30. The molecule has 0 aromatic rings. The van der Waals surface area contributed by atoms with Crippen LogP contribution in [0.4, 0.5) is 0 Å². The molecule has 0 spiro atoms. The lowest BCUT2D eigenvalue weighted by atomic mass is 10.0. The third-order valence-electron chi connectivity index (χ3n) is 2.30. The Kier molecular flexibility index (Phi) is 14.7. The minimum Gasteiger partial charge on any atom is -0.0885 e. The summed E-state index contributed by atoms with van der Waals surface area (Å²) >= 11 is 0. The molecule has 0 aromatic carbocycles. The van der Waals surface area contributed by atoms with Crippen LogP contribution >= 0.6 is 0 Å². The summed E-state index contributed by atoms with van der Waals surface area (Å²) in [6.45, 7) is 13.1. The van der Waals surface area contributed by atoms with Crippen LogP contribution in [0.15, 0.2) is 12.2 Å². The van der Waals surface area contributed by atoms with Crippen molar-refractivity contribution in [2.45, 2.75) is 67.2 Å². The second kappa shape index (κ2) is 12.7. The van der Waals surface area contributed by atoms with Crippen molar-refractivity contribution in [2.24, 2.45) is 11.8 Å². The second-order valence-corrected chi connectivity index (χ2v) is 4.19. The molecule has 0 amide bonds. The molecule has 1 unspecified atom stereocenters. The van der Waals surface area contributed by atoms with E-state index >= 15 is 0 Å². The zero-order chi connectivity index (χ0) is 11.4. The van der Waals surface area contributed by atoms with E-state index in [1.54, 1.807) is 0 Å². The van der Waals surface area contributed by atoms with Crippen LogP contribution < -0.4 is 0 Å². The summed E-state index contributed by atoms with van der Waals surface area (Å²) in [6.07, 6.45) is 9.84. The van der Waals surface area contributed by atoms with Gasteiger partial charge in [0.1, 0.15) is 0 Å². The Morgan fingerprint density at radius 2 is 1.57 bits per heavy atom. The fourth-order valence-corrected chi connectivity index (χ4v) is 1.07. The molecule has 0 aliphatic rings. The largest absolute Gasteiger partial charge is 0.0885 e. The minimum absolute atomic E-state index is 0.810. The van der Waals surface area contributed by atoms with E-state index in [-0.39, 0.29) is 0 Å². The van der Waals surface area contributed by atoms with Gasteiger partial charge in [-0.2, -0.15) is 0 Å². The van der Waals surface area contributed by atoms with Crippen LogP contribution in [0, 0.1) is 11.8 Å². The quantitative estimate of drug-likeness (QED) is 0.498. The van der Waals surface area contributed by atoms with Crippen LogP contribution in [0.25, 0.3) is 0 Å². The van der Waals surface area contributed by atoms with E-state index in [1.807, 2.05) is 13.8 Å². The Bertz CT molecular complexity index is 111. The Morgan fingerprint density at radius 3 is 2.00 bits per heavy atom. The highest BCUT2D eigenvalue weighted by atomic mass is 14.0. The van der Waals surface area contributed by atoms with Gasteiger partial charge in [-0.05, 0) is 31.1 Å². The summed E-state index contributed by atoms with van der Waals surface area (Å²) in [5, 5.41) is 0. The van der Waals surface area contributed by atoms with E-state index < -0.39 is 0 Å². The fourth-order valence-electron chi connectivity index (χ4n) is 1.07. The zero-order valence-corrected chi connectivity index (χ0v) is 11.1. The first-order valence-electron chi connectivity index (χ1n) is 6.31. The van der Waals surface area contributed by atoms with Crippen LogP contribution in [-0.2, 0) is 0 Å². The van der Waals surface area contributed by atoms with Crippen LogP contribution in [-0.4, -0.2) is 0 Å². The van der Waals surface area contributed by atoms with E-state index in [0.29, 0.717) is 0 Å². The number of allylic oxidation sites excluding steroid dienone is 2. The van der Waals surface area contributed by atoms with Gasteiger partial charge in [-0.25, -0.2) is 0 Å². The highest BCUT2D eigenvalue weighted by molar-refractivity contribution is 4.82. The van der Waals surface area contributed by atoms with Gasteiger partial charge in [0.2, 0.25) is 0 Å². The predicted octanol–water partition coefficient (Wildman–Crippen LogP) is 5.44. The average molecular weight is 198 g/mol. The van der Waals surface area contributed by atoms with Crippen molar-refractivity contribution < 1.29 is 0 Å². The Hall–Kier alpha value is -0.260. The molecule has 0 rings (SSSR count). The SMILES string of the molecule is CC.CCC(C)CC/C=C\CC(C)C. The molecule has 0 aliphatic carbocycles. The maximum atomic E-state index is 2.34.